The molecule has 10 aromatic rings. The maximum atomic E-state index is 6.52. The lowest BCUT2D eigenvalue weighted by Gasteiger charge is -2.46. The van der Waals surface area contributed by atoms with Gasteiger partial charge in [-0.05, 0) is 300 Å². The van der Waals surface area contributed by atoms with Crippen molar-refractivity contribution in [2.45, 2.75) is 231 Å². The van der Waals surface area contributed by atoms with Crippen molar-refractivity contribution in [3.05, 3.63) is 213 Å². The Balaban J connectivity index is 0.963. The average molecular weight is 1250 g/mol. The van der Waals surface area contributed by atoms with Crippen LogP contribution in [0.5, 0.6) is 0 Å². The van der Waals surface area contributed by atoms with E-state index in [0.717, 1.165) is 67.2 Å². The minimum absolute atomic E-state index is 0.0118. The third kappa shape index (κ3) is 11.4. The maximum absolute atomic E-state index is 6.52. The summed E-state index contributed by atoms with van der Waals surface area (Å²) in [6.45, 7) is 10.0. The first-order valence-electron chi connectivity index (χ1n) is 37.9. The zero-order valence-corrected chi connectivity index (χ0v) is 57.6. The van der Waals surface area contributed by atoms with E-state index in [1.807, 2.05) is 0 Å². The predicted octanol–water partition coefficient (Wildman–Crippen LogP) is 23.4. The lowest BCUT2D eigenvalue weighted by Crippen LogP contribution is -2.61. The molecule has 4 nitrogen and oxygen atoms in total. The van der Waals surface area contributed by atoms with Gasteiger partial charge in [-0.1, -0.05) is 171 Å². The quantitative estimate of drug-likeness (QED) is 0.155. The number of para-hydroxylation sites is 1. The summed E-state index contributed by atoms with van der Waals surface area (Å²) in [6.07, 6.45) is 37.5. The van der Waals surface area contributed by atoms with Crippen molar-refractivity contribution >= 4 is 96.0 Å². The molecule has 7 aliphatic rings. The summed E-state index contributed by atoms with van der Waals surface area (Å²) in [5.41, 5.74) is 33.7. The van der Waals surface area contributed by atoms with Crippen molar-refractivity contribution < 1.29 is 4.42 Å². The van der Waals surface area contributed by atoms with Crippen molar-refractivity contribution in [1.82, 2.24) is 0 Å². The molecule has 5 heteroatoms. The maximum Gasteiger partial charge on any atom is 0.252 e. The van der Waals surface area contributed by atoms with Gasteiger partial charge in [-0.25, -0.2) is 0 Å². The zero-order valence-electron chi connectivity index (χ0n) is 57.6. The van der Waals surface area contributed by atoms with Crippen LogP contribution >= 0.6 is 0 Å². The summed E-state index contributed by atoms with van der Waals surface area (Å²) in [7, 11) is 0. The molecule has 3 heterocycles. The van der Waals surface area contributed by atoms with Gasteiger partial charge in [0.15, 0.2) is 0 Å². The van der Waals surface area contributed by atoms with Gasteiger partial charge in [-0.15, -0.1) is 0 Å². The first kappa shape index (κ1) is 60.9. The minimum atomic E-state index is 0.0118. The molecule has 2 aliphatic heterocycles. The number of hydrogen-bond acceptors (Lipinski definition) is 4. The van der Waals surface area contributed by atoms with Crippen LogP contribution in [0.15, 0.2) is 162 Å². The molecule has 0 spiro atoms. The first-order chi connectivity index (χ1) is 46.6. The Kier molecular flexibility index (Phi) is 16.2. The molecule has 5 aliphatic carbocycles. The average Bonchev–Trinajstić information content (AvgIpc) is 1.01. The second kappa shape index (κ2) is 25.3. The van der Waals surface area contributed by atoms with Gasteiger partial charge in [-0.3, -0.25) is 0 Å². The minimum Gasteiger partial charge on any atom is -0.456 e. The van der Waals surface area contributed by atoms with Crippen molar-refractivity contribution in [1.29, 1.82) is 0 Å². The van der Waals surface area contributed by atoms with Crippen molar-refractivity contribution in [2.24, 2.45) is 0 Å². The lowest BCUT2D eigenvalue weighted by atomic mass is 9.33. The molecule has 0 radical (unpaired) electrons. The smallest absolute Gasteiger partial charge is 0.252 e. The number of hydrogen-bond donors (Lipinski definition) is 0. The highest BCUT2D eigenvalue weighted by atomic mass is 16.3. The highest BCUT2D eigenvalue weighted by molar-refractivity contribution is 7.00. The second-order valence-corrected chi connectivity index (χ2v) is 31.6. The number of aryl methyl sites for hydroxylation is 8. The van der Waals surface area contributed by atoms with Crippen LogP contribution in [0, 0.1) is 0 Å². The Bertz CT molecular complexity index is 4380. The van der Waals surface area contributed by atoms with Crippen molar-refractivity contribution in [2.75, 3.05) is 14.7 Å². The van der Waals surface area contributed by atoms with Gasteiger partial charge in [0.1, 0.15) is 11.3 Å². The number of benzene rings is 9. The Morgan fingerprint density at radius 1 is 0.337 bits per heavy atom. The normalized spacial score (nSPS) is 18.6. The van der Waals surface area contributed by atoms with E-state index in [4.69, 9.17) is 4.42 Å². The molecule has 0 unspecified atom stereocenters. The summed E-state index contributed by atoms with van der Waals surface area (Å²) in [5, 5.41) is 3.55. The third-order valence-electron chi connectivity index (χ3n) is 24.3. The van der Waals surface area contributed by atoms with Crippen LogP contribution in [-0.2, 0) is 62.2 Å². The Morgan fingerprint density at radius 2 is 0.779 bits per heavy atom. The summed E-state index contributed by atoms with van der Waals surface area (Å²) >= 11 is 0. The molecule has 0 N–H and O–H groups in total. The fraction of sp³-hybridized carbons (Fsp3) is 0.400. The third-order valence-corrected chi connectivity index (χ3v) is 24.3. The topological polar surface area (TPSA) is 22.9 Å². The van der Waals surface area contributed by atoms with Gasteiger partial charge >= 0.3 is 0 Å². The van der Waals surface area contributed by atoms with E-state index in [2.05, 4.69) is 200 Å². The van der Waals surface area contributed by atoms with Crippen LogP contribution in [0.3, 0.4) is 0 Å². The van der Waals surface area contributed by atoms with E-state index < -0.39 is 0 Å². The Labute approximate surface area is 567 Å². The molecule has 0 atom stereocenters. The summed E-state index contributed by atoms with van der Waals surface area (Å²) in [4.78, 5) is 8.34. The number of rotatable bonds is 6. The van der Waals surface area contributed by atoms with E-state index in [-0.39, 0.29) is 17.5 Å². The van der Waals surface area contributed by atoms with Crippen LogP contribution in [0.2, 0.25) is 0 Å². The molecule has 9 aromatic carbocycles. The first-order valence-corrected chi connectivity index (χ1v) is 37.9. The molecule has 0 fully saturated rings. The second-order valence-electron chi connectivity index (χ2n) is 31.6. The van der Waals surface area contributed by atoms with E-state index in [1.54, 1.807) is 44.5 Å². The molecule has 95 heavy (non-hydrogen) atoms. The summed E-state index contributed by atoms with van der Waals surface area (Å²) < 4.78 is 6.52. The van der Waals surface area contributed by atoms with Crippen LogP contribution in [0.1, 0.15) is 225 Å². The molecule has 0 saturated carbocycles. The Hall–Kier alpha value is -7.76. The highest BCUT2D eigenvalue weighted by Gasteiger charge is 2.46. The monoisotopic (exact) mass is 1250 g/mol. The number of furan rings is 1. The van der Waals surface area contributed by atoms with E-state index >= 15 is 0 Å². The fourth-order valence-electron chi connectivity index (χ4n) is 18.8. The molecule has 1 aromatic heterocycles. The van der Waals surface area contributed by atoms with Crippen LogP contribution < -0.4 is 31.1 Å². The molecule has 17 rings (SSSR count). The van der Waals surface area contributed by atoms with Crippen LogP contribution in [-0.4, -0.2) is 6.71 Å². The molecular formula is C90H98BN3O. The fourth-order valence-corrected chi connectivity index (χ4v) is 18.8. The SMILES string of the molecule is CC1(C)CCC(C)(C)c2cc(N(c3cc4c5c(c3)N(c3ccc6c(c3)CCCCCCC6)c3cc6c(cc3B5c3cc5c(cc3N4c3ccc4c(c3)CCCCCCC4)CCCCCCC5)CCCCCCC6)c3ccc4cc(-c5cc6ccccc6o5)ccc4c3)ccc21. The predicted molar refractivity (Wildman–Crippen MR) is 405 cm³/mol. The summed E-state index contributed by atoms with van der Waals surface area (Å²) in [5.74, 6) is 0.905. The van der Waals surface area contributed by atoms with Crippen molar-refractivity contribution in [3.63, 3.8) is 0 Å². The van der Waals surface area contributed by atoms with Gasteiger partial charge in [0, 0.05) is 56.4 Å². The van der Waals surface area contributed by atoms with Crippen LogP contribution in [0.25, 0.3) is 33.1 Å². The van der Waals surface area contributed by atoms with Gasteiger partial charge in [0.25, 0.3) is 6.71 Å². The van der Waals surface area contributed by atoms with E-state index in [0.29, 0.717) is 0 Å². The van der Waals surface area contributed by atoms with E-state index in [1.165, 1.54) is 237 Å². The molecular weight excluding hydrogens is 1150 g/mol. The van der Waals surface area contributed by atoms with Gasteiger partial charge in [0.05, 0.1) is 5.69 Å². The lowest BCUT2D eigenvalue weighted by molar-refractivity contribution is 0.332. The van der Waals surface area contributed by atoms with Crippen molar-refractivity contribution in [3.8, 4) is 11.3 Å². The highest BCUT2D eigenvalue weighted by Crippen LogP contribution is 2.53. The largest absolute Gasteiger partial charge is 0.456 e. The molecule has 0 amide bonds. The van der Waals surface area contributed by atoms with Gasteiger partial charge in [0.2, 0.25) is 0 Å². The van der Waals surface area contributed by atoms with Gasteiger partial charge in [-0.2, -0.15) is 0 Å². The number of nitrogens with zero attached hydrogens (tertiary/aromatic N) is 3. The number of fused-ring (bicyclic) bond motifs is 11. The molecule has 0 saturated heterocycles. The molecule has 0 bridgehead atoms. The number of anilines is 9. The standard InChI is InChI=1S/C90H98BN3O/c1-89(2)47-48-90(3,4)79-58-76(45-46-78(79)89)92(73-44-41-69-49-72(38-37-70(69)52-73)87-57-71-35-25-26-36-86(71)95-87)77-59-84-88-85(60-77)94(75-43-40-62-28-18-10-6-12-20-30-64(62)51-75)83-56-68-34-24-16-8-14-22-32-66(68)54-81(83)91(88)80-53-65-31-21-13-7-15-23-33-67(65)55-82(80)93(84)74-42-39-61-27-17-9-5-11-19-29-63(61)50-74/h25-26,35-46,49-60H,5-24,27-34,47-48H2,1-4H3. The van der Waals surface area contributed by atoms with Crippen LogP contribution in [0.4, 0.5) is 51.2 Å². The van der Waals surface area contributed by atoms with Gasteiger partial charge < -0.3 is 19.1 Å². The molecule has 482 valence electrons. The zero-order chi connectivity index (χ0) is 63.8. The van der Waals surface area contributed by atoms with E-state index in [9.17, 15) is 0 Å². The Morgan fingerprint density at radius 3 is 1.32 bits per heavy atom. The summed E-state index contributed by atoms with van der Waals surface area (Å²) in [6, 6.07) is 64.5.